The van der Waals surface area contributed by atoms with Crippen molar-refractivity contribution in [2.45, 2.75) is 45.7 Å². The number of Topliss-reactive ketones (excluding diaryl/α,β-unsaturated/α-hetero) is 2. The minimum Gasteiger partial charge on any atom is -0.481 e. The molecule has 0 bridgehead atoms. The number of ketones is 2. The lowest BCUT2D eigenvalue weighted by Crippen LogP contribution is -2.46. The molecule has 0 spiro atoms. The standard InChI is InChI=1S/C14H24N2O5/c1-9(2)12(18)6-16-11(4-5-14(20)21)13(19)7-15-10(3)8-17/h8-11,15-16H,4-7H2,1-3H3,(H,20,21)/t10-,11-/m0/s1/i8D. The molecule has 0 aliphatic rings. The van der Waals surface area contributed by atoms with Crippen molar-refractivity contribution in [1.29, 1.82) is 0 Å². The van der Waals surface area contributed by atoms with Crippen LogP contribution in [0.25, 0.3) is 0 Å². The Balaban J connectivity index is 4.55. The van der Waals surface area contributed by atoms with Crippen LogP contribution in [0.4, 0.5) is 0 Å². The summed E-state index contributed by atoms with van der Waals surface area (Å²) in [4.78, 5) is 45.1. The largest absolute Gasteiger partial charge is 0.481 e. The van der Waals surface area contributed by atoms with Crippen LogP contribution in [-0.2, 0) is 19.2 Å². The number of hydrogen-bond acceptors (Lipinski definition) is 6. The first-order chi connectivity index (χ1) is 10.1. The number of nitrogens with one attached hydrogen (secondary N) is 2. The van der Waals surface area contributed by atoms with E-state index in [1.807, 2.05) is 0 Å². The number of carboxylic acid groups (broad SMARTS) is 1. The molecule has 0 heterocycles. The van der Waals surface area contributed by atoms with Crippen LogP contribution in [0.1, 0.15) is 35.0 Å². The molecule has 120 valence electrons. The van der Waals surface area contributed by atoms with Crippen LogP contribution in [0.2, 0.25) is 0 Å². The number of carbonyl (C=O) groups is 4. The van der Waals surface area contributed by atoms with Crippen LogP contribution in [0.15, 0.2) is 0 Å². The van der Waals surface area contributed by atoms with E-state index in [2.05, 4.69) is 10.6 Å². The van der Waals surface area contributed by atoms with Gasteiger partial charge in [-0.25, -0.2) is 0 Å². The predicted octanol–water partition coefficient (Wildman–Crippen LogP) is -0.219. The van der Waals surface area contributed by atoms with Crippen molar-refractivity contribution in [1.82, 2.24) is 10.6 Å². The Bertz CT molecular complexity index is 425. The molecule has 0 aromatic carbocycles. The molecule has 0 saturated carbocycles. The second-order valence-electron chi connectivity index (χ2n) is 5.17. The van der Waals surface area contributed by atoms with Crippen LogP contribution in [-0.4, -0.2) is 54.1 Å². The average Bonchev–Trinajstić information content (AvgIpc) is 2.43. The number of carboxylic acids is 1. The van der Waals surface area contributed by atoms with Crippen molar-refractivity contribution >= 4 is 23.8 Å². The number of hydrogen-bond donors (Lipinski definition) is 3. The lowest BCUT2D eigenvalue weighted by Gasteiger charge is -2.18. The molecule has 7 nitrogen and oxygen atoms in total. The van der Waals surface area contributed by atoms with Gasteiger partial charge in [-0.1, -0.05) is 13.8 Å². The van der Waals surface area contributed by atoms with Crippen molar-refractivity contribution in [3.63, 3.8) is 0 Å². The van der Waals surface area contributed by atoms with Gasteiger partial charge in [0.2, 0.25) is 0 Å². The molecule has 0 amide bonds. The molecule has 0 saturated heterocycles. The second kappa shape index (κ2) is 10.2. The topological polar surface area (TPSA) is 113 Å². The van der Waals surface area contributed by atoms with E-state index < -0.39 is 24.3 Å². The molecule has 21 heavy (non-hydrogen) atoms. The lowest BCUT2D eigenvalue weighted by atomic mass is 10.0. The summed E-state index contributed by atoms with van der Waals surface area (Å²) in [5.41, 5.74) is 0. The fraction of sp³-hybridized carbons (Fsp3) is 0.714. The molecule has 0 rings (SSSR count). The molecule has 0 aromatic rings. The minimum atomic E-state index is -1.03. The summed E-state index contributed by atoms with van der Waals surface area (Å²) in [7, 11) is 0. The number of aldehydes is 1. The van der Waals surface area contributed by atoms with Crippen molar-refractivity contribution in [2.75, 3.05) is 13.1 Å². The average molecular weight is 301 g/mol. The third-order valence-electron chi connectivity index (χ3n) is 2.96. The SMILES string of the molecule is [2H]C(=O)[C@H](C)NCC(=O)[C@H](CCC(=O)O)NCC(=O)C(C)C. The highest BCUT2D eigenvalue weighted by atomic mass is 16.4. The molecule has 0 aromatic heterocycles. The van der Waals surface area contributed by atoms with Gasteiger partial charge < -0.3 is 20.5 Å². The molecular formula is C14H24N2O5. The molecule has 2 atom stereocenters. The van der Waals surface area contributed by atoms with Gasteiger partial charge >= 0.3 is 5.97 Å². The van der Waals surface area contributed by atoms with Gasteiger partial charge in [-0.05, 0) is 13.3 Å². The van der Waals surface area contributed by atoms with Gasteiger partial charge in [-0.15, -0.1) is 0 Å². The first kappa shape index (κ1) is 17.5. The van der Waals surface area contributed by atoms with Crippen LogP contribution in [0, 0.1) is 5.92 Å². The zero-order chi connectivity index (χ0) is 17.3. The highest BCUT2D eigenvalue weighted by Gasteiger charge is 2.20. The molecule has 3 N–H and O–H groups in total. The highest BCUT2D eigenvalue weighted by molar-refractivity contribution is 5.88. The van der Waals surface area contributed by atoms with Crippen molar-refractivity contribution in [3.05, 3.63) is 0 Å². The quantitative estimate of drug-likeness (QED) is 0.427. The lowest BCUT2D eigenvalue weighted by molar-refractivity contribution is -0.137. The van der Waals surface area contributed by atoms with Crippen LogP contribution >= 0.6 is 0 Å². The van der Waals surface area contributed by atoms with Crippen LogP contribution < -0.4 is 10.6 Å². The highest BCUT2D eigenvalue weighted by Crippen LogP contribution is 2.01. The van der Waals surface area contributed by atoms with Crippen molar-refractivity contribution in [2.24, 2.45) is 5.92 Å². The Morgan fingerprint density at radius 3 is 2.19 bits per heavy atom. The third-order valence-corrected chi connectivity index (χ3v) is 2.96. The van der Waals surface area contributed by atoms with Gasteiger partial charge in [0.15, 0.2) is 5.78 Å². The summed E-state index contributed by atoms with van der Waals surface area (Å²) in [5, 5.41) is 14.1. The van der Waals surface area contributed by atoms with Gasteiger partial charge in [0.05, 0.1) is 25.2 Å². The van der Waals surface area contributed by atoms with E-state index in [0.29, 0.717) is 0 Å². The first-order valence-corrected chi connectivity index (χ1v) is 6.89. The van der Waals surface area contributed by atoms with Crippen LogP contribution in [0.3, 0.4) is 0 Å². The van der Waals surface area contributed by atoms with Crippen LogP contribution in [0.5, 0.6) is 0 Å². The van der Waals surface area contributed by atoms with Crippen molar-refractivity contribution < 1.29 is 25.7 Å². The monoisotopic (exact) mass is 301 g/mol. The molecule has 0 aliphatic heterocycles. The summed E-state index contributed by atoms with van der Waals surface area (Å²) < 4.78 is 6.91. The van der Waals surface area contributed by atoms with E-state index in [1.165, 1.54) is 6.92 Å². The number of aliphatic carboxylic acids is 1. The fourth-order valence-corrected chi connectivity index (χ4v) is 1.49. The Morgan fingerprint density at radius 2 is 1.71 bits per heavy atom. The van der Waals surface area contributed by atoms with Gasteiger partial charge in [0, 0.05) is 12.3 Å². The van der Waals surface area contributed by atoms with E-state index in [9.17, 15) is 19.2 Å². The summed E-state index contributed by atoms with van der Waals surface area (Å²) in [6.07, 6.45) is -0.978. The molecule has 0 fully saturated rings. The summed E-state index contributed by atoms with van der Waals surface area (Å²) in [5.74, 6) is -1.62. The van der Waals surface area contributed by atoms with E-state index in [0.717, 1.165) is 0 Å². The van der Waals surface area contributed by atoms with Gasteiger partial charge in [0.1, 0.15) is 13.4 Å². The van der Waals surface area contributed by atoms with Gasteiger partial charge in [0.25, 0.3) is 0 Å². The van der Waals surface area contributed by atoms with E-state index >= 15 is 0 Å². The molecule has 0 radical (unpaired) electrons. The predicted molar refractivity (Wildman–Crippen MR) is 77.0 cm³/mol. The smallest absolute Gasteiger partial charge is 0.303 e. The maximum Gasteiger partial charge on any atom is 0.303 e. The minimum absolute atomic E-state index is 0.0133. The number of rotatable bonds is 12. The third kappa shape index (κ3) is 9.04. The van der Waals surface area contributed by atoms with E-state index in [4.69, 9.17) is 6.48 Å². The summed E-state index contributed by atoms with van der Waals surface area (Å²) in [6.45, 7) is 4.76. The zero-order valence-corrected chi connectivity index (χ0v) is 12.6. The zero-order valence-electron chi connectivity index (χ0n) is 13.6. The second-order valence-corrected chi connectivity index (χ2v) is 5.17. The molecule has 0 aliphatic carbocycles. The fourth-order valence-electron chi connectivity index (χ4n) is 1.49. The molecule has 0 unspecified atom stereocenters. The normalized spacial score (nSPS) is 14.4. The summed E-state index contributed by atoms with van der Waals surface area (Å²) in [6, 6.07) is -1.55. The maximum absolute atomic E-state index is 12.1. The molecule has 7 heteroatoms. The number of carbonyl (C=O) groups excluding carboxylic acids is 3. The van der Waals surface area contributed by atoms with Gasteiger partial charge in [-0.3, -0.25) is 14.4 Å². The van der Waals surface area contributed by atoms with Gasteiger partial charge in [-0.2, -0.15) is 0 Å². The Kier molecular flexibility index (Phi) is 8.45. The molecular weight excluding hydrogens is 276 g/mol. The summed E-state index contributed by atoms with van der Waals surface area (Å²) >= 11 is 0. The Hall–Kier alpha value is -1.60. The Morgan fingerprint density at radius 1 is 1.14 bits per heavy atom. The van der Waals surface area contributed by atoms with E-state index in [1.54, 1.807) is 13.8 Å². The first-order valence-electron chi connectivity index (χ1n) is 7.39. The maximum atomic E-state index is 12.1. The Labute approximate surface area is 125 Å². The van der Waals surface area contributed by atoms with E-state index in [-0.39, 0.29) is 43.4 Å². The van der Waals surface area contributed by atoms with Crippen molar-refractivity contribution in [3.8, 4) is 0 Å².